The van der Waals surface area contributed by atoms with Crippen LogP contribution >= 0.6 is 0 Å². The third-order valence-electron chi connectivity index (χ3n) is 14.3. The zero-order valence-corrected chi connectivity index (χ0v) is 40.1. The third-order valence-corrected chi connectivity index (χ3v) is 28.0. The van der Waals surface area contributed by atoms with Crippen molar-refractivity contribution in [3.05, 3.63) is 40.7 Å². The van der Waals surface area contributed by atoms with Gasteiger partial charge in [-0.25, -0.2) is 0 Å². The van der Waals surface area contributed by atoms with Crippen LogP contribution in [0.5, 0.6) is 0 Å². The highest BCUT2D eigenvalue weighted by atomic mass is 28.4. The largest absolute Gasteiger partial charge is 0.413 e. The summed E-state index contributed by atoms with van der Waals surface area (Å²) in [5, 5.41) is 0.502. The van der Waals surface area contributed by atoms with Crippen LogP contribution < -0.4 is 0 Å². The fourth-order valence-electron chi connectivity index (χ4n) is 7.91. The van der Waals surface area contributed by atoms with Gasteiger partial charge >= 0.3 is 0 Å². The minimum absolute atomic E-state index is 0.0677. The SMILES string of the molecule is CC1=C(C#CC2=CCC[C@@]3(C)C2CC[C@@H]3C(C)C=C=CC(C)(C)O[Si](C)(C)C(C)(C)C)CC(O[Si](C)(C)C(C)(C)C)CC1O[Si](C)(C)C(C)(C)C. The molecule has 0 bridgehead atoms. The van der Waals surface area contributed by atoms with E-state index in [0.29, 0.717) is 17.8 Å². The van der Waals surface area contributed by atoms with Gasteiger partial charge in [-0.1, -0.05) is 94.1 Å². The molecule has 3 nitrogen and oxygen atoms in total. The molecule has 290 valence electrons. The predicted molar refractivity (Wildman–Crippen MR) is 230 cm³/mol. The number of allylic oxidation sites excluding steroid dienone is 2. The Kier molecular flexibility index (Phi) is 13.4. The Labute approximate surface area is 320 Å². The van der Waals surface area contributed by atoms with Crippen LogP contribution in [-0.4, -0.2) is 42.8 Å². The highest BCUT2D eigenvalue weighted by Crippen LogP contribution is 2.58. The van der Waals surface area contributed by atoms with Gasteiger partial charge in [-0.2, -0.15) is 0 Å². The van der Waals surface area contributed by atoms with Crippen molar-refractivity contribution in [3.8, 4) is 11.8 Å². The van der Waals surface area contributed by atoms with Crippen molar-refractivity contribution in [2.75, 3.05) is 0 Å². The summed E-state index contributed by atoms with van der Waals surface area (Å²) in [6.07, 6.45) is 13.8. The van der Waals surface area contributed by atoms with Gasteiger partial charge in [-0.05, 0) is 142 Å². The van der Waals surface area contributed by atoms with E-state index in [0.717, 1.165) is 19.3 Å². The second-order valence-electron chi connectivity index (χ2n) is 22.0. The Morgan fingerprint density at radius 1 is 0.804 bits per heavy atom. The monoisotopic (exact) mass is 753 g/mol. The van der Waals surface area contributed by atoms with Gasteiger partial charge in [0.1, 0.15) is 0 Å². The second-order valence-corrected chi connectivity index (χ2v) is 36.2. The van der Waals surface area contributed by atoms with Crippen molar-refractivity contribution in [1.82, 2.24) is 0 Å². The first kappa shape index (κ1) is 44.5. The minimum atomic E-state index is -1.98. The van der Waals surface area contributed by atoms with E-state index in [2.05, 4.69) is 172 Å². The summed E-state index contributed by atoms with van der Waals surface area (Å²) in [6, 6.07) is 0. The van der Waals surface area contributed by atoms with Gasteiger partial charge in [0, 0.05) is 24.0 Å². The summed E-state index contributed by atoms with van der Waals surface area (Å²) in [4.78, 5) is 0. The lowest BCUT2D eigenvalue weighted by atomic mass is 9.62. The molecule has 4 unspecified atom stereocenters. The average molecular weight is 753 g/mol. The normalized spacial score (nSPS) is 27.6. The van der Waals surface area contributed by atoms with Crippen LogP contribution in [0.4, 0.5) is 0 Å². The van der Waals surface area contributed by atoms with Crippen LogP contribution in [0.25, 0.3) is 0 Å². The number of hydrogen-bond acceptors (Lipinski definition) is 3. The van der Waals surface area contributed by atoms with E-state index in [4.69, 9.17) is 13.3 Å². The van der Waals surface area contributed by atoms with Gasteiger partial charge in [0.15, 0.2) is 25.0 Å². The number of rotatable bonds is 9. The molecule has 0 aliphatic heterocycles. The molecule has 0 spiro atoms. The van der Waals surface area contributed by atoms with E-state index < -0.39 is 25.0 Å². The summed E-state index contributed by atoms with van der Waals surface area (Å²) in [7, 11) is -5.81. The Morgan fingerprint density at radius 3 is 1.90 bits per heavy atom. The first-order chi connectivity index (χ1) is 22.8. The lowest BCUT2D eigenvalue weighted by Crippen LogP contribution is -2.49. The molecular formula is C45H80O3Si3. The lowest BCUT2D eigenvalue weighted by molar-refractivity contribution is 0.0989. The molecule has 0 aromatic rings. The summed E-state index contributed by atoms with van der Waals surface area (Å²) >= 11 is 0. The van der Waals surface area contributed by atoms with Crippen LogP contribution in [-0.2, 0) is 13.3 Å². The van der Waals surface area contributed by atoms with Gasteiger partial charge < -0.3 is 13.3 Å². The topological polar surface area (TPSA) is 27.7 Å². The van der Waals surface area contributed by atoms with Crippen LogP contribution in [0.15, 0.2) is 40.7 Å². The van der Waals surface area contributed by atoms with Gasteiger partial charge in [-0.3, -0.25) is 0 Å². The average Bonchev–Trinajstić information content (AvgIpc) is 3.28. The summed E-state index contributed by atoms with van der Waals surface area (Å²) in [6.45, 7) is 46.8. The molecular weight excluding hydrogens is 673 g/mol. The molecule has 3 aliphatic carbocycles. The smallest absolute Gasteiger partial charge is 0.193 e. The number of fused-ring (bicyclic) bond motifs is 1. The standard InChI is InChI=1S/C45H80O3Si3/c1-33(23-21-29-44(12,13)48-51(19,20)43(9,10)11)38-27-28-39-35(24-22-30-45(38,39)14)25-26-36-31-37(46-49(15,16)41(3,4)5)32-40(34(36)2)47-50(17,18)42(6,7)8/h23-24,29,33,37-40H,22,27-28,30-32H2,1-20H3/t21?,33?,37?,38-,39?,40?,45-/m1/s1. The van der Waals surface area contributed by atoms with Crippen molar-refractivity contribution >= 4 is 25.0 Å². The maximum absolute atomic E-state index is 7.14. The quantitative estimate of drug-likeness (QED) is 0.133. The van der Waals surface area contributed by atoms with Crippen molar-refractivity contribution in [3.63, 3.8) is 0 Å². The molecule has 1 fully saturated rings. The molecule has 3 aliphatic rings. The molecule has 0 aromatic heterocycles. The van der Waals surface area contributed by atoms with Gasteiger partial charge in [0.2, 0.25) is 0 Å². The molecule has 3 rings (SSSR count). The molecule has 0 amide bonds. The van der Waals surface area contributed by atoms with Crippen molar-refractivity contribution in [2.24, 2.45) is 23.2 Å². The van der Waals surface area contributed by atoms with Gasteiger partial charge in [-0.15, -0.1) is 5.73 Å². The Morgan fingerprint density at radius 2 is 1.35 bits per heavy atom. The molecule has 0 aromatic carbocycles. The highest BCUT2D eigenvalue weighted by Gasteiger charge is 2.50. The second kappa shape index (κ2) is 15.3. The van der Waals surface area contributed by atoms with Gasteiger partial charge in [0.05, 0.1) is 17.8 Å². The van der Waals surface area contributed by atoms with Crippen molar-refractivity contribution in [1.29, 1.82) is 0 Å². The molecule has 0 N–H and O–H groups in total. The minimum Gasteiger partial charge on any atom is -0.413 e. The first-order valence-corrected chi connectivity index (χ1v) is 29.0. The van der Waals surface area contributed by atoms with Crippen molar-refractivity contribution in [2.45, 2.75) is 208 Å². The summed E-state index contributed by atoms with van der Waals surface area (Å²) < 4.78 is 21.0. The fraction of sp³-hybridized carbons (Fsp3) is 0.800. The van der Waals surface area contributed by atoms with Crippen LogP contribution in [0.2, 0.25) is 54.4 Å². The highest BCUT2D eigenvalue weighted by molar-refractivity contribution is 6.75. The molecule has 0 saturated heterocycles. The van der Waals surface area contributed by atoms with Crippen LogP contribution in [0.1, 0.15) is 135 Å². The van der Waals surface area contributed by atoms with Crippen LogP contribution in [0.3, 0.4) is 0 Å². The molecule has 0 heterocycles. The Hall–Kier alpha value is -0.909. The molecule has 0 radical (unpaired) electrons. The Balaban J connectivity index is 1.88. The molecule has 6 atom stereocenters. The van der Waals surface area contributed by atoms with E-state index in [-0.39, 0.29) is 38.3 Å². The maximum atomic E-state index is 7.14. The predicted octanol–water partition coefficient (Wildman–Crippen LogP) is 13.8. The van der Waals surface area contributed by atoms with E-state index in [1.165, 1.54) is 36.0 Å². The zero-order valence-electron chi connectivity index (χ0n) is 37.1. The van der Waals surface area contributed by atoms with E-state index in [9.17, 15) is 0 Å². The van der Waals surface area contributed by atoms with E-state index in [1.807, 2.05) is 0 Å². The summed E-state index contributed by atoms with van der Waals surface area (Å²) in [5.74, 6) is 9.22. The number of hydrogen-bond donors (Lipinski definition) is 0. The fourth-order valence-corrected chi connectivity index (χ4v) is 12.3. The Bertz CT molecular complexity index is 1440. The summed E-state index contributed by atoms with van der Waals surface area (Å²) in [5.41, 5.74) is 7.49. The van der Waals surface area contributed by atoms with Crippen molar-refractivity contribution < 1.29 is 13.3 Å². The lowest BCUT2D eigenvalue weighted by Gasteiger charge is -2.45. The third kappa shape index (κ3) is 10.4. The molecule has 51 heavy (non-hydrogen) atoms. The van der Waals surface area contributed by atoms with E-state index >= 15 is 0 Å². The van der Waals surface area contributed by atoms with Crippen LogP contribution in [0, 0.1) is 35.0 Å². The van der Waals surface area contributed by atoms with E-state index in [1.54, 1.807) is 0 Å². The molecule has 6 heteroatoms. The molecule has 1 saturated carbocycles. The first-order valence-electron chi connectivity index (χ1n) is 20.2. The van der Waals surface area contributed by atoms with Gasteiger partial charge in [0.25, 0.3) is 0 Å². The maximum Gasteiger partial charge on any atom is 0.193 e. The zero-order chi connectivity index (χ0) is 39.2.